The zero-order valence-corrected chi connectivity index (χ0v) is 11.5. The fourth-order valence-electron chi connectivity index (χ4n) is 1.74. The van der Waals surface area contributed by atoms with Crippen LogP contribution in [-0.4, -0.2) is 27.2 Å². The van der Waals surface area contributed by atoms with Gasteiger partial charge in [0.2, 0.25) is 5.89 Å². The predicted molar refractivity (Wildman–Crippen MR) is 73.0 cm³/mol. The first-order valence-electron chi connectivity index (χ1n) is 6.14. The zero-order valence-electron chi connectivity index (χ0n) is 11.5. The van der Waals surface area contributed by atoms with Crippen molar-refractivity contribution >= 4 is 17.7 Å². The lowest BCUT2D eigenvalue weighted by Crippen LogP contribution is -2.29. The Morgan fingerprint density at radius 1 is 1.33 bits per heavy atom. The number of rotatable bonds is 4. The van der Waals surface area contributed by atoms with Crippen molar-refractivity contribution in [3.05, 3.63) is 41.0 Å². The minimum atomic E-state index is -1.04. The number of aromatic nitrogens is 2. The minimum Gasteiger partial charge on any atom is -0.478 e. The predicted octanol–water partition coefficient (Wildman–Crippen LogP) is 1.71. The number of nitrogens with one attached hydrogen (secondary N) is 2. The molecule has 2 amide bonds. The number of aryl methyl sites for hydroxylation is 1. The van der Waals surface area contributed by atoms with Gasteiger partial charge in [-0.2, -0.15) is 4.98 Å². The summed E-state index contributed by atoms with van der Waals surface area (Å²) in [6, 6.07) is 4.18. The molecule has 0 atom stereocenters. The van der Waals surface area contributed by atoms with E-state index < -0.39 is 12.0 Å². The maximum atomic E-state index is 11.8. The van der Waals surface area contributed by atoms with Gasteiger partial charge in [0, 0.05) is 12.6 Å². The lowest BCUT2D eigenvalue weighted by Gasteiger charge is -2.10. The van der Waals surface area contributed by atoms with Crippen LogP contribution in [0.25, 0.3) is 0 Å². The van der Waals surface area contributed by atoms with Crippen LogP contribution >= 0.6 is 0 Å². The lowest BCUT2D eigenvalue weighted by molar-refractivity contribution is 0.0696. The summed E-state index contributed by atoms with van der Waals surface area (Å²) >= 11 is 0. The second-order valence-corrected chi connectivity index (χ2v) is 4.32. The molecule has 0 aliphatic rings. The molecule has 0 fully saturated rings. The van der Waals surface area contributed by atoms with E-state index in [1.54, 1.807) is 26.0 Å². The summed E-state index contributed by atoms with van der Waals surface area (Å²) < 4.78 is 4.78. The summed E-state index contributed by atoms with van der Waals surface area (Å²) in [4.78, 5) is 26.7. The van der Waals surface area contributed by atoms with Gasteiger partial charge in [0.1, 0.15) is 0 Å². The number of benzene rings is 1. The molecule has 3 N–H and O–H groups in total. The molecule has 1 heterocycles. The molecule has 0 aliphatic carbocycles. The number of carbonyl (C=O) groups is 2. The second kappa shape index (κ2) is 6.04. The lowest BCUT2D eigenvalue weighted by atomic mass is 10.1. The molecule has 0 saturated carbocycles. The van der Waals surface area contributed by atoms with E-state index in [4.69, 9.17) is 9.63 Å². The van der Waals surface area contributed by atoms with Gasteiger partial charge in [-0.15, -0.1) is 0 Å². The molecular formula is C13H14N4O4. The molecule has 110 valence electrons. The largest absolute Gasteiger partial charge is 0.478 e. The van der Waals surface area contributed by atoms with Crippen molar-refractivity contribution in [3.8, 4) is 0 Å². The molecule has 8 nitrogen and oxygen atoms in total. The number of amides is 2. The second-order valence-electron chi connectivity index (χ2n) is 4.32. The molecule has 0 aliphatic heterocycles. The highest BCUT2D eigenvalue weighted by atomic mass is 16.5. The molecular weight excluding hydrogens is 276 g/mol. The SMILES string of the molecule is Cc1nc(CNC(=O)Nc2cccc(C(=O)O)c2C)no1. The van der Waals surface area contributed by atoms with Crippen LogP contribution < -0.4 is 10.6 Å². The van der Waals surface area contributed by atoms with Crippen LogP contribution in [0.1, 0.15) is 27.6 Å². The van der Waals surface area contributed by atoms with Gasteiger partial charge in [0.05, 0.1) is 12.1 Å². The summed E-state index contributed by atoms with van der Waals surface area (Å²) in [6.07, 6.45) is 0. The number of hydrogen-bond donors (Lipinski definition) is 3. The number of carbonyl (C=O) groups excluding carboxylic acids is 1. The van der Waals surface area contributed by atoms with E-state index in [1.807, 2.05) is 0 Å². The van der Waals surface area contributed by atoms with E-state index in [0.29, 0.717) is 23.0 Å². The third-order valence-electron chi connectivity index (χ3n) is 2.79. The normalized spacial score (nSPS) is 10.2. The first kappa shape index (κ1) is 14.5. The number of urea groups is 1. The van der Waals surface area contributed by atoms with Gasteiger partial charge in [-0.05, 0) is 24.6 Å². The van der Waals surface area contributed by atoms with Crippen LogP contribution in [0.4, 0.5) is 10.5 Å². The highest BCUT2D eigenvalue weighted by molar-refractivity contribution is 5.95. The first-order valence-corrected chi connectivity index (χ1v) is 6.14. The van der Waals surface area contributed by atoms with Crippen LogP contribution in [0.5, 0.6) is 0 Å². The highest BCUT2D eigenvalue weighted by Crippen LogP contribution is 2.18. The van der Waals surface area contributed by atoms with E-state index in [9.17, 15) is 9.59 Å². The summed E-state index contributed by atoms with van der Waals surface area (Å²) in [5, 5.41) is 17.8. The van der Waals surface area contributed by atoms with Crippen LogP contribution in [0.15, 0.2) is 22.7 Å². The minimum absolute atomic E-state index is 0.112. The van der Waals surface area contributed by atoms with Crippen LogP contribution in [0.2, 0.25) is 0 Å². The van der Waals surface area contributed by atoms with Gasteiger partial charge < -0.3 is 20.3 Å². The van der Waals surface area contributed by atoms with Crippen LogP contribution in [0, 0.1) is 13.8 Å². The molecule has 2 rings (SSSR count). The smallest absolute Gasteiger partial charge is 0.336 e. The van der Waals surface area contributed by atoms with Crippen molar-refractivity contribution < 1.29 is 19.2 Å². The fourth-order valence-corrected chi connectivity index (χ4v) is 1.74. The van der Waals surface area contributed by atoms with Crippen LogP contribution in [0.3, 0.4) is 0 Å². The average Bonchev–Trinajstić information content (AvgIpc) is 2.84. The van der Waals surface area contributed by atoms with Crippen LogP contribution in [-0.2, 0) is 6.54 Å². The summed E-state index contributed by atoms with van der Waals surface area (Å²) in [5.41, 5.74) is 1.05. The molecule has 1 aromatic heterocycles. The average molecular weight is 290 g/mol. The standard InChI is InChI=1S/C13H14N4O4/c1-7-9(12(18)19)4-3-5-10(7)16-13(20)14-6-11-15-8(2)21-17-11/h3-5H,6H2,1-2H3,(H,18,19)(H2,14,16,20). The van der Waals surface area contributed by atoms with Gasteiger partial charge in [0.25, 0.3) is 0 Å². The third-order valence-corrected chi connectivity index (χ3v) is 2.79. The molecule has 1 aromatic carbocycles. The summed E-state index contributed by atoms with van der Waals surface area (Å²) in [7, 11) is 0. The molecule has 0 saturated heterocycles. The van der Waals surface area contributed by atoms with E-state index in [2.05, 4.69) is 20.8 Å². The quantitative estimate of drug-likeness (QED) is 0.789. The van der Waals surface area contributed by atoms with Gasteiger partial charge in [-0.1, -0.05) is 11.2 Å². The molecule has 2 aromatic rings. The zero-order chi connectivity index (χ0) is 15.4. The monoisotopic (exact) mass is 290 g/mol. The number of nitrogens with zero attached hydrogens (tertiary/aromatic N) is 2. The molecule has 0 unspecified atom stereocenters. The Hall–Kier alpha value is -2.90. The first-order chi connectivity index (χ1) is 9.97. The van der Waals surface area contributed by atoms with Crippen molar-refractivity contribution in [3.63, 3.8) is 0 Å². The Morgan fingerprint density at radius 2 is 2.10 bits per heavy atom. The topological polar surface area (TPSA) is 117 Å². The van der Waals surface area contributed by atoms with E-state index >= 15 is 0 Å². The van der Waals surface area contributed by atoms with Crippen molar-refractivity contribution in [2.45, 2.75) is 20.4 Å². The molecule has 0 spiro atoms. The highest BCUT2D eigenvalue weighted by Gasteiger charge is 2.12. The van der Waals surface area contributed by atoms with E-state index in [-0.39, 0.29) is 12.1 Å². The number of anilines is 1. The fraction of sp³-hybridized carbons (Fsp3) is 0.231. The van der Waals surface area contributed by atoms with Crippen molar-refractivity contribution in [2.24, 2.45) is 0 Å². The van der Waals surface area contributed by atoms with Gasteiger partial charge in [-0.25, -0.2) is 9.59 Å². The third kappa shape index (κ3) is 3.56. The Kier molecular flexibility index (Phi) is 4.17. The maximum absolute atomic E-state index is 11.8. The van der Waals surface area contributed by atoms with Gasteiger partial charge >= 0.3 is 12.0 Å². The van der Waals surface area contributed by atoms with Crippen molar-refractivity contribution in [1.82, 2.24) is 15.5 Å². The van der Waals surface area contributed by atoms with Crippen molar-refractivity contribution in [1.29, 1.82) is 0 Å². The number of aromatic carboxylic acids is 1. The summed E-state index contributed by atoms with van der Waals surface area (Å²) in [5.74, 6) is -0.269. The Bertz CT molecular complexity index is 681. The van der Waals surface area contributed by atoms with Crippen molar-refractivity contribution in [2.75, 3.05) is 5.32 Å². The number of carboxylic acids is 1. The Labute approximate surface area is 120 Å². The molecule has 0 radical (unpaired) electrons. The molecule has 8 heteroatoms. The van der Waals surface area contributed by atoms with E-state index in [0.717, 1.165) is 0 Å². The Balaban J connectivity index is 1.99. The number of carboxylic acid groups (broad SMARTS) is 1. The maximum Gasteiger partial charge on any atom is 0.336 e. The van der Waals surface area contributed by atoms with Gasteiger partial charge in [0.15, 0.2) is 5.82 Å². The Morgan fingerprint density at radius 3 is 2.71 bits per heavy atom. The molecule has 21 heavy (non-hydrogen) atoms. The van der Waals surface area contributed by atoms with Gasteiger partial charge in [-0.3, -0.25) is 0 Å². The molecule has 0 bridgehead atoms. The van der Waals surface area contributed by atoms with E-state index in [1.165, 1.54) is 6.07 Å². The summed E-state index contributed by atoms with van der Waals surface area (Å²) in [6.45, 7) is 3.39. The number of hydrogen-bond acceptors (Lipinski definition) is 5.